The molecule has 0 amide bonds. The highest BCUT2D eigenvalue weighted by Crippen LogP contribution is 2.43. The number of rotatable bonds is 0. The largest absolute Gasteiger partial charge is 0.506 e. The van der Waals surface area contributed by atoms with E-state index in [1.165, 1.54) is 6.07 Å². The van der Waals surface area contributed by atoms with Crippen LogP contribution in [0.3, 0.4) is 0 Å². The number of phenolic OH excluding ortho intramolecular Hbond substituents is 1. The lowest BCUT2D eigenvalue weighted by molar-refractivity contribution is 0.0754. The quantitative estimate of drug-likeness (QED) is 0.549. The Morgan fingerprint density at radius 2 is 2.13 bits per heavy atom. The third kappa shape index (κ3) is 0.982. The molecule has 0 saturated heterocycles. The number of hydrogen-bond donors (Lipinski definition) is 1. The van der Waals surface area contributed by atoms with E-state index in [0.717, 1.165) is 0 Å². The lowest BCUT2D eigenvalue weighted by Crippen LogP contribution is -2.00. The molecule has 0 fully saturated rings. The monoisotopic (exact) mass is 220 g/mol. The van der Waals surface area contributed by atoms with Gasteiger partial charge in [-0.1, -0.05) is 23.7 Å². The van der Waals surface area contributed by atoms with Crippen LogP contribution in [0.15, 0.2) is 24.3 Å². The van der Waals surface area contributed by atoms with Crippen molar-refractivity contribution in [3.05, 3.63) is 34.9 Å². The van der Waals surface area contributed by atoms with Crippen molar-refractivity contribution in [1.82, 2.24) is 0 Å². The smallest absolute Gasteiger partial charge is 0.344 e. The van der Waals surface area contributed by atoms with Gasteiger partial charge in [-0.05, 0) is 6.07 Å². The standard InChI is InChI=1S/C11H5ClO3/c12-7-4-8-9-5(10(7)13)2-1-3-6(9)11(14)15-8/h1-4,13H. The summed E-state index contributed by atoms with van der Waals surface area (Å²) < 4.78 is 5.02. The third-order valence-corrected chi connectivity index (χ3v) is 2.76. The molecule has 0 aliphatic carbocycles. The molecule has 1 aliphatic heterocycles. The molecule has 4 heteroatoms. The Bertz CT molecular complexity index is 604. The van der Waals surface area contributed by atoms with Crippen LogP contribution in [0.2, 0.25) is 5.02 Å². The highest BCUT2D eigenvalue weighted by molar-refractivity contribution is 6.34. The molecular formula is C11H5ClO3. The first-order valence-corrected chi connectivity index (χ1v) is 4.72. The van der Waals surface area contributed by atoms with E-state index in [1.54, 1.807) is 18.2 Å². The first kappa shape index (κ1) is 8.56. The maximum atomic E-state index is 11.4. The summed E-state index contributed by atoms with van der Waals surface area (Å²) in [7, 11) is 0. The van der Waals surface area contributed by atoms with Gasteiger partial charge in [0, 0.05) is 16.8 Å². The van der Waals surface area contributed by atoms with Crippen molar-refractivity contribution in [2.75, 3.05) is 0 Å². The Kier molecular flexibility index (Phi) is 1.51. The predicted octanol–water partition coefficient (Wildman–Crippen LogP) is 2.73. The second-order valence-electron chi connectivity index (χ2n) is 3.32. The van der Waals surface area contributed by atoms with Crippen LogP contribution in [0.5, 0.6) is 11.5 Å². The molecule has 74 valence electrons. The molecule has 0 unspecified atom stereocenters. The van der Waals surface area contributed by atoms with E-state index in [0.29, 0.717) is 22.1 Å². The maximum Gasteiger partial charge on any atom is 0.344 e. The predicted molar refractivity (Wildman–Crippen MR) is 55.6 cm³/mol. The molecule has 1 heterocycles. The molecule has 0 radical (unpaired) electrons. The summed E-state index contributed by atoms with van der Waals surface area (Å²) in [6, 6.07) is 6.50. The van der Waals surface area contributed by atoms with Crippen molar-refractivity contribution in [2.45, 2.75) is 0 Å². The lowest BCUT2D eigenvalue weighted by atomic mass is 10.0. The Hall–Kier alpha value is -1.74. The number of phenols is 1. The zero-order valence-corrected chi connectivity index (χ0v) is 8.21. The average molecular weight is 221 g/mol. The first-order chi connectivity index (χ1) is 7.18. The molecule has 0 spiro atoms. The zero-order valence-electron chi connectivity index (χ0n) is 7.45. The second kappa shape index (κ2) is 2.64. The number of aromatic hydroxyl groups is 1. The van der Waals surface area contributed by atoms with Crippen molar-refractivity contribution in [1.29, 1.82) is 0 Å². The fourth-order valence-electron chi connectivity index (χ4n) is 1.80. The van der Waals surface area contributed by atoms with Gasteiger partial charge in [0.15, 0.2) is 0 Å². The molecular weight excluding hydrogens is 216 g/mol. The second-order valence-corrected chi connectivity index (χ2v) is 3.73. The van der Waals surface area contributed by atoms with E-state index >= 15 is 0 Å². The lowest BCUT2D eigenvalue weighted by Gasteiger charge is -2.03. The number of halogens is 1. The number of esters is 1. The number of benzene rings is 2. The van der Waals surface area contributed by atoms with Crippen molar-refractivity contribution in [2.24, 2.45) is 0 Å². The van der Waals surface area contributed by atoms with Crippen LogP contribution in [0.25, 0.3) is 10.8 Å². The Morgan fingerprint density at radius 1 is 1.33 bits per heavy atom. The van der Waals surface area contributed by atoms with Crippen LogP contribution >= 0.6 is 11.6 Å². The molecule has 1 aliphatic rings. The topological polar surface area (TPSA) is 46.5 Å². The van der Waals surface area contributed by atoms with Gasteiger partial charge >= 0.3 is 5.97 Å². The highest BCUT2D eigenvalue weighted by atomic mass is 35.5. The fraction of sp³-hybridized carbons (Fsp3) is 0. The van der Waals surface area contributed by atoms with Gasteiger partial charge in [-0.25, -0.2) is 4.79 Å². The average Bonchev–Trinajstić information content (AvgIpc) is 2.54. The molecule has 0 bridgehead atoms. The van der Waals surface area contributed by atoms with E-state index < -0.39 is 5.97 Å². The minimum absolute atomic E-state index is 0.0180. The van der Waals surface area contributed by atoms with E-state index in [2.05, 4.69) is 0 Å². The molecule has 1 N–H and O–H groups in total. The van der Waals surface area contributed by atoms with Gasteiger partial charge in [-0.15, -0.1) is 0 Å². The van der Waals surface area contributed by atoms with E-state index in [1.807, 2.05) is 0 Å². The molecule has 0 saturated carbocycles. The van der Waals surface area contributed by atoms with Crippen LogP contribution in [0.1, 0.15) is 10.4 Å². The summed E-state index contributed by atoms with van der Waals surface area (Å²) in [5, 5.41) is 11.1. The van der Waals surface area contributed by atoms with Crippen molar-refractivity contribution < 1.29 is 14.6 Å². The summed E-state index contributed by atoms with van der Waals surface area (Å²) in [5.74, 6) is -0.0127. The summed E-state index contributed by atoms with van der Waals surface area (Å²) in [6.07, 6.45) is 0. The summed E-state index contributed by atoms with van der Waals surface area (Å²) >= 11 is 5.80. The fourth-order valence-corrected chi connectivity index (χ4v) is 2.01. The zero-order chi connectivity index (χ0) is 10.6. The summed E-state index contributed by atoms with van der Waals surface area (Å²) in [5.41, 5.74) is 0.467. The van der Waals surface area contributed by atoms with E-state index in [-0.39, 0.29) is 10.8 Å². The van der Waals surface area contributed by atoms with Gasteiger partial charge in [-0.3, -0.25) is 0 Å². The van der Waals surface area contributed by atoms with Crippen molar-refractivity contribution in [3.8, 4) is 11.5 Å². The SMILES string of the molecule is O=C1Oc2cc(Cl)c(O)c3cccc1c23. The van der Waals surface area contributed by atoms with Crippen LogP contribution in [-0.4, -0.2) is 11.1 Å². The molecule has 15 heavy (non-hydrogen) atoms. The Labute approximate surface area is 89.8 Å². The Morgan fingerprint density at radius 3 is 2.93 bits per heavy atom. The Balaban J connectivity index is 2.58. The first-order valence-electron chi connectivity index (χ1n) is 4.35. The summed E-state index contributed by atoms with van der Waals surface area (Å²) in [4.78, 5) is 11.4. The molecule has 3 nitrogen and oxygen atoms in total. The number of ether oxygens (including phenoxy) is 1. The minimum Gasteiger partial charge on any atom is -0.506 e. The van der Waals surface area contributed by atoms with E-state index in [9.17, 15) is 9.90 Å². The van der Waals surface area contributed by atoms with Gasteiger partial charge in [0.25, 0.3) is 0 Å². The van der Waals surface area contributed by atoms with Gasteiger partial charge in [0.1, 0.15) is 11.5 Å². The minimum atomic E-state index is -0.405. The normalized spacial score (nSPS) is 13.3. The number of carbonyl (C=O) groups is 1. The van der Waals surface area contributed by atoms with Crippen molar-refractivity contribution in [3.63, 3.8) is 0 Å². The molecule has 2 aromatic carbocycles. The van der Waals surface area contributed by atoms with Crippen LogP contribution in [0.4, 0.5) is 0 Å². The molecule has 3 rings (SSSR count). The highest BCUT2D eigenvalue weighted by Gasteiger charge is 2.26. The van der Waals surface area contributed by atoms with Crippen LogP contribution in [-0.2, 0) is 0 Å². The van der Waals surface area contributed by atoms with E-state index in [4.69, 9.17) is 16.3 Å². The van der Waals surface area contributed by atoms with Crippen LogP contribution in [0, 0.1) is 0 Å². The maximum absolute atomic E-state index is 11.4. The van der Waals surface area contributed by atoms with Gasteiger partial charge < -0.3 is 9.84 Å². The number of hydrogen-bond acceptors (Lipinski definition) is 3. The molecule has 2 aromatic rings. The molecule has 0 atom stereocenters. The van der Waals surface area contributed by atoms with Crippen LogP contribution < -0.4 is 4.74 Å². The van der Waals surface area contributed by atoms with Crippen molar-refractivity contribution >= 4 is 28.3 Å². The summed E-state index contributed by atoms with van der Waals surface area (Å²) in [6.45, 7) is 0. The van der Waals surface area contributed by atoms with Gasteiger partial charge in [-0.2, -0.15) is 0 Å². The van der Waals surface area contributed by atoms with Gasteiger partial charge in [0.05, 0.1) is 10.6 Å². The number of carbonyl (C=O) groups excluding carboxylic acids is 1. The molecule has 0 aromatic heterocycles. The van der Waals surface area contributed by atoms with Gasteiger partial charge in [0.2, 0.25) is 0 Å². The third-order valence-electron chi connectivity index (χ3n) is 2.47.